The third kappa shape index (κ3) is 6.15. The van der Waals surface area contributed by atoms with Crippen LogP contribution in [0, 0.1) is 0 Å². The van der Waals surface area contributed by atoms with Gasteiger partial charge < -0.3 is 9.80 Å². The largest absolute Gasteiger partial charge is 0.336 e. The summed E-state index contributed by atoms with van der Waals surface area (Å²) in [6.07, 6.45) is 2.53. The predicted molar refractivity (Wildman–Crippen MR) is 141 cm³/mol. The maximum absolute atomic E-state index is 14.2. The fourth-order valence-corrected chi connectivity index (χ4v) is 4.82. The summed E-state index contributed by atoms with van der Waals surface area (Å²) in [4.78, 5) is 18.8. The third-order valence-electron chi connectivity index (χ3n) is 6.90. The molecule has 178 valence electrons. The number of nitrogens with zero attached hydrogens (tertiary/aromatic N) is 2. The van der Waals surface area contributed by atoms with Crippen molar-refractivity contribution in [2.75, 3.05) is 26.2 Å². The van der Waals surface area contributed by atoms with Gasteiger partial charge in [-0.15, -0.1) is 0 Å². The van der Waals surface area contributed by atoms with Gasteiger partial charge in [0.25, 0.3) is 0 Å². The van der Waals surface area contributed by atoms with Crippen LogP contribution >= 0.6 is 0 Å². The number of carbonyl (C=O) groups is 1. The van der Waals surface area contributed by atoms with Gasteiger partial charge in [-0.05, 0) is 53.6 Å². The van der Waals surface area contributed by atoms with Crippen molar-refractivity contribution in [3.05, 3.63) is 107 Å². The summed E-state index contributed by atoms with van der Waals surface area (Å²) in [7, 11) is 0. The molecule has 1 amide bonds. The summed E-state index contributed by atoms with van der Waals surface area (Å²) in [5.41, 5.74) is 4.72. The number of hydrogen-bond acceptors (Lipinski definition) is 2. The molecule has 3 nitrogen and oxygen atoms in total. The molecular weight excluding hydrogens is 416 g/mol. The van der Waals surface area contributed by atoms with Crippen LogP contribution in [0.3, 0.4) is 0 Å². The van der Waals surface area contributed by atoms with Crippen molar-refractivity contribution in [2.24, 2.45) is 0 Å². The predicted octanol–water partition coefficient (Wildman–Crippen LogP) is 6.24. The molecule has 3 aromatic rings. The van der Waals surface area contributed by atoms with Crippen LogP contribution in [-0.2, 0) is 16.8 Å². The zero-order valence-corrected chi connectivity index (χ0v) is 20.9. The van der Waals surface area contributed by atoms with Gasteiger partial charge in [-0.2, -0.15) is 0 Å². The van der Waals surface area contributed by atoms with Crippen molar-refractivity contribution in [1.82, 2.24) is 9.80 Å². The number of likely N-dealkylation sites (tertiary alicyclic amines) is 1. The van der Waals surface area contributed by atoms with Gasteiger partial charge in [-0.25, -0.2) is 0 Å². The van der Waals surface area contributed by atoms with E-state index in [0.29, 0.717) is 6.54 Å². The van der Waals surface area contributed by atoms with Crippen molar-refractivity contribution in [2.45, 2.75) is 51.5 Å². The van der Waals surface area contributed by atoms with Gasteiger partial charge in [0.05, 0.1) is 5.92 Å². The molecule has 0 N–H and O–H groups in total. The first-order valence-electron chi connectivity index (χ1n) is 12.6. The summed E-state index contributed by atoms with van der Waals surface area (Å²) in [5, 5.41) is 0. The minimum Gasteiger partial charge on any atom is -0.336 e. The van der Waals surface area contributed by atoms with Crippen LogP contribution in [0.2, 0.25) is 0 Å². The summed E-state index contributed by atoms with van der Waals surface area (Å²) >= 11 is 0. The van der Waals surface area contributed by atoms with E-state index < -0.39 is 0 Å². The quantitative estimate of drug-likeness (QED) is 0.402. The Balaban J connectivity index is 1.62. The van der Waals surface area contributed by atoms with Crippen LogP contribution in [0.1, 0.15) is 61.8 Å². The molecule has 0 spiro atoms. The van der Waals surface area contributed by atoms with Crippen LogP contribution < -0.4 is 0 Å². The average molecular weight is 455 g/mol. The lowest BCUT2D eigenvalue weighted by molar-refractivity contribution is -0.132. The molecule has 0 radical (unpaired) electrons. The van der Waals surface area contributed by atoms with Crippen LogP contribution in [0.25, 0.3) is 0 Å². The van der Waals surface area contributed by atoms with Gasteiger partial charge in [-0.1, -0.05) is 106 Å². The Morgan fingerprint density at radius 1 is 0.824 bits per heavy atom. The molecule has 1 heterocycles. The maximum Gasteiger partial charge on any atom is 0.234 e. The van der Waals surface area contributed by atoms with Gasteiger partial charge >= 0.3 is 0 Å². The monoisotopic (exact) mass is 454 g/mol. The molecule has 3 aromatic carbocycles. The molecule has 1 aliphatic heterocycles. The lowest BCUT2D eigenvalue weighted by Crippen LogP contribution is -2.40. The maximum atomic E-state index is 14.2. The van der Waals surface area contributed by atoms with E-state index in [1.807, 2.05) is 36.4 Å². The summed E-state index contributed by atoms with van der Waals surface area (Å²) in [6, 6.07) is 29.2. The molecule has 1 saturated heterocycles. The van der Waals surface area contributed by atoms with E-state index in [1.54, 1.807) is 0 Å². The van der Waals surface area contributed by atoms with Crippen LogP contribution in [-0.4, -0.2) is 41.9 Å². The van der Waals surface area contributed by atoms with E-state index in [1.165, 1.54) is 24.0 Å². The SMILES string of the molecule is CC(C)(C)c1ccc(CN(CCN2CCCC2)C(=O)C(c2ccccc2)c2ccccc2)cc1. The van der Waals surface area contributed by atoms with E-state index in [-0.39, 0.29) is 17.2 Å². The molecule has 0 bridgehead atoms. The third-order valence-corrected chi connectivity index (χ3v) is 6.90. The number of carbonyl (C=O) groups excluding carboxylic acids is 1. The smallest absolute Gasteiger partial charge is 0.234 e. The highest BCUT2D eigenvalue weighted by Crippen LogP contribution is 2.28. The summed E-state index contributed by atoms with van der Waals surface area (Å²) in [6.45, 7) is 11.3. The molecule has 0 aliphatic carbocycles. The highest BCUT2D eigenvalue weighted by Gasteiger charge is 2.28. The Morgan fingerprint density at radius 2 is 1.35 bits per heavy atom. The molecule has 1 fully saturated rings. The fraction of sp³-hybridized carbons (Fsp3) is 0.387. The Kier molecular flexibility index (Phi) is 7.84. The number of amides is 1. The Labute approximate surface area is 205 Å². The molecule has 0 atom stereocenters. The first kappa shape index (κ1) is 24.2. The minimum absolute atomic E-state index is 0.121. The van der Waals surface area contributed by atoms with Crippen LogP contribution in [0.15, 0.2) is 84.9 Å². The van der Waals surface area contributed by atoms with Crippen LogP contribution in [0.4, 0.5) is 0 Å². The van der Waals surface area contributed by atoms with Gasteiger partial charge in [0.1, 0.15) is 0 Å². The highest BCUT2D eigenvalue weighted by atomic mass is 16.2. The number of hydrogen-bond donors (Lipinski definition) is 0. The zero-order valence-electron chi connectivity index (χ0n) is 20.9. The zero-order chi connectivity index (χ0) is 24.0. The van der Waals surface area contributed by atoms with Gasteiger partial charge in [-0.3, -0.25) is 4.79 Å². The normalized spacial score (nSPS) is 14.5. The second-order valence-electron chi connectivity index (χ2n) is 10.5. The molecule has 0 saturated carbocycles. The van der Waals surface area contributed by atoms with Crippen molar-refractivity contribution in [3.63, 3.8) is 0 Å². The molecule has 0 unspecified atom stereocenters. The summed E-state index contributed by atoms with van der Waals surface area (Å²) in [5.74, 6) is -0.119. The van der Waals surface area contributed by atoms with Crippen molar-refractivity contribution in [1.29, 1.82) is 0 Å². The highest BCUT2D eigenvalue weighted by molar-refractivity contribution is 5.87. The average Bonchev–Trinajstić information content (AvgIpc) is 3.37. The summed E-state index contributed by atoms with van der Waals surface area (Å²) < 4.78 is 0. The van der Waals surface area contributed by atoms with Gasteiger partial charge in [0.15, 0.2) is 0 Å². The Hall–Kier alpha value is -2.91. The molecular formula is C31H38N2O. The molecule has 4 rings (SSSR count). The van der Waals surface area contributed by atoms with Crippen molar-refractivity contribution < 1.29 is 4.79 Å². The van der Waals surface area contributed by atoms with Gasteiger partial charge in [0, 0.05) is 19.6 Å². The molecule has 1 aliphatic rings. The fourth-order valence-electron chi connectivity index (χ4n) is 4.82. The minimum atomic E-state index is -0.296. The van der Waals surface area contributed by atoms with Gasteiger partial charge in [0.2, 0.25) is 5.91 Å². The first-order valence-corrected chi connectivity index (χ1v) is 12.6. The second kappa shape index (κ2) is 11.0. The van der Waals surface area contributed by atoms with E-state index in [2.05, 4.69) is 79.1 Å². The molecule has 3 heteroatoms. The number of rotatable bonds is 8. The van der Waals surface area contributed by atoms with E-state index in [0.717, 1.165) is 37.3 Å². The van der Waals surface area contributed by atoms with E-state index in [4.69, 9.17) is 0 Å². The molecule has 34 heavy (non-hydrogen) atoms. The second-order valence-corrected chi connectivity index (χ2v) is 10.5. The molecule has 0 aromatic heterocycles. The standard InChI is InChI=1S/C31H38N2O/c1-31(2,3)28-18-16-25(17-19-28)24-33(23-22-32-20-10-11-21-32)30(34)29(26-12-6-4-7-13-26)27-14-8-5-9-15-27/h4-9,12-19,29H,10-11,20-24H2,1-3H3. The number of benzene rings is 3. The lowest BCUT2D eigenvalue weighted by Gasteiger charge is -2.30. The lowest BCUT2D eigenvalue weighted by atomic mass is 9.86. The Bertz CT molecular complexity index is 993. The first-order chi connectivity index (χ1) is 16.4. The topological polar surface area (TPSA) is 23.6 Å². The van der Waals surface area contributed by atoms with Crippen molar-refractivity contribution >= 4 is 5.91 Å². The van der Waals surface area contributed by atoms with Crippen molar-refractivity contribution in [3.8, 4) is 0 Å². The van der Waals surface area contributed by atoms with E-state index >= 15 is 0 Å². The Morgan fingerprint density at radius 3 is 1.85 bits per heavy atom. The van der Waals surface area contributed by atoms with E-state index in [9.17, 15) is 4.79 Å². The van der Waals surface area contributed by atoms with Crippen LogP contribution in [0.5, 0.6) is 0 Å².